The molecule has 0 saturated carbocycles. The summed E-state index contributed by atoms with van der Waals surface area (Å²) in [5.41, 5.74) is 0.526. The molecule has 0 radical (unpaired) electrons. The fraction of sp³-hybridized carbons (Fsp3) is 0.824. The number of rotatable bonds is 3. The summed E-state index contributed by atoms with van der Waals surface area (Å²) in [4.78, 5) is 29.1. The van der Waals surface area contributed by atoms with Crippen LogP contribution >= 0.6 is 0 Å². The molecule has 0 bridgehead atoms. The van der Waals surface area contributed by atoms with E-state index in [1.807, 2.05) is 18.7 Å². The van der Waals surface area contributed by atoms with Crippen LogP contribution in [-0.4, -0.2) is 83.8 Å². The van der Waals surface area contributed by atoms with Gasteiger partial charge in [0.2, 0.25) is 5.91 Å². The quantitative estimate of drug-likeness (QED) is 0.755. The van der Waals surface area contributed by atoms with Crippen LogP contribution in [0.5, 0.6) is 0 Å². The van der Waals surface area contributed by atoms with Crippen molar-refractivity contribution in [2.75, 3.05) is 39.4 Å². The molecule has 2 amide bonds. The number of amides is 2. The smallest absolute Gasteiger partial charge is 0.270 e. The molecule has 3 heterocycles. The zero-order valence-electron chi connectivity index (χ0n) is 14.9. The Balaban J connectivity index is 1.67. The average Bonchev–Trinajstić information content (AvgIpc) is 2.97. The number of hydrogen-bond donors (Lipinski definition) is 0. The Kier molecular flexibility index (Phi) is 5.20. The third-order valence-corrected chi connectivity index (χ3v) is 5.17. The molecule has 3 aliphatic rings. The second-order valence-electron chi connectivity index (χ2n) is 7.28. The van der Waals surface area contributed by atoms with E-state index in [1.54, 1.807) is 0 Å². The van der Waals surface area contributed by atoms with Crippen LogP contribution < -0.4 is 0 Å². The van der Waals surface area contributed by atoms with Gasteiger partial charge in [0.15, 0.2) is 0 Å². The van der Waals surface area contributed by atoms with Gasteiger partial charge >= 0.3 is 0 Å². The first-order chi connectivity index (χ1) is 11.5. The second kappa shape index (κ2) is 7.19. The molecule has 7 nitrogen and oxygen atoms in total. The van der Waals surface area contributed by atoms with Crippen molar-refractivity contribution in [1.82, 2.24) is 14.8 Å². The van der Waals surface area contributed by atoms with Crippen molar-refractivity contribution in [3.63, 3.8) is 0 Å². The lowest BCUT2D eigenvalue weighted by molar-refractivity contribution is -0.133. The molecule has 7 heteroatoms. The van der Waals surface area contributed by atoms with Crippen molar-refractivity contribution in [2.24, 2.45) is 11.0 Å². The first-order valence-corrected chi connectivity index (χ1v) is 8.98. The van der Waals surface area contributed by atoms with Crippen molar-refractivity contribution < 1.29 is 14.3 Å². The number of nitrogens with zero attached hydrogens (tertiary/aromatic N) is 4. The van der Waals surface area contributed by atoms with Gasteiger partial charge in [0.1, 0.15) is 5.71 Å². The molecular formula is C17H28N4O3. The highest BCUT2D eigenvalue weighted by Crippen LogP contribution is 2.24. The lowest BCUT2D eigenvalue weighted by Gasteiger charge is -2.34. The predicted molar refractivity (Wildman–Crippen MR) is 90.6 cm³/mol. The van der Waals surface area contributed by atoms with Crippen LogP contribution in [0, 0.1) is 5.92 Å². The van der Waals surface area contributed by atoms with Gasteiger partial charge in [-0.25, -0.2) is 5.01 Å². The van der Waals surface area contributed by atoms with Gasteiger partial charge < -0.3 is 9.64 Å². The van der Waals surface area contributed by atoms with Gasteiger partial charge in [-0.3, -0.25) is 14.5 Å². The number of carbonyl (C=O) groups excluding carboxylic acids is 2. The van der Waals surface area contributed by atoms with Crippen molar-refractivity contribution >= 4 is 17.5 Å². The molecule has 2 fully saturated rings. The van der Waals surface area contributed by atoms with Gasteiger partial charge in [0, 0.05) is 51.1 Å². The summed E-state index contributed by atoms with van der Waals surface area (Å²) in [5, 5.41) is 5.80. The molecule has 0 aromatic carbocycles. The third kappa shape index (κ3) is 3.47. The van der Waals surface area contributed by atoms with Gasteiger partial charge in [0.25, 0.3) is 5.91 Å². The monoisotopic (exact) mass is 336 g/mol. The number of hydrazone groups is 1. The number of hydrogen-bond acceptors (Lipinski definition) is 5. The van der Waals surface area contributed by atoms with E-state index < -0.39 is 0 Å². The molecule has 0 N–H and O–H groups in total. The Morgan fingerprint density at radius 1 is 1.21 bits per heavy atom. The van der Waals surface area contributed by atoms with Gasteiger partial charge in [-0.15, -0.1) is 0 Å². The molecule has 0 aromatic heterocycles. The summed E-state index contributed by atoms with van der Waals surface area (Å²) in [6.07, 6.45) is 0.826. The van der Waals surface area contributed by atoms with Crippen LogP contribution in [0.1, 0.15) is 33.6 Å². The standard InChI is InChI=1S/C17H28N4O3/c1-12(2)21-16(22)5-4-14(18-21)17(23)20-10-13(3)15(11-20)19-6-8-24-9-7-19/h12-13,15H,4-11H2,1-3H3/t13-,15+/m0/s1. The Morgan fingerprint density at radius 2 is 1.92 bits per heavy atom. The molecule has 0 aromatic rings. The van der Waals surface area contributed by atoms with Crippen LogP contribution in [0.2, 0.25) is 0 Å². The van der Waals surface area contributed by atoms with Crippen LogP contribution in [-0.2, 0) is 14.3 Å². The highest BCUT2D eigenvalue weighted by Gasteiger charge is 2.38. The summed E-state index contributed by atoms with van der Waals surface area (Å²) in [5.74, 6) is 0.442. The van der Waals surface area contributed by atoms with Crippen LogP contribution in [0.15, 0.2) is 5.10 Å². The van der Waals surface area contributed by atoms with E-state index >= 15 is 0 Å². The van der Waals surface area contributed by atoms with E-state index in [-0.39, 0.29) is 17.9 Å². The highest BCUT2D eigenvalue weighted by atomic mass is 16.5. The largest absolute Gasteiger partial charge is 0.379 e. The molecule has 3 rings (SSSR count). The maximum Gasteiger partial charge on any atom is 0.270 e. The molecule has 0 spiro atoms. The van der Waals surface area contributed by atoms with Crippen molar-refractivity contribution in [3.8, 4) is 0 Å². The Morgan fingerprint density at radius 3 is 2.58 bits per heavy atom. The summed E-state index contributed by atoms with van der Waals surface area (Å²) in [7, 11) is 0. The number of ether oxygens (including phenoxy) is 1. The minimum atomic E-state index is -0.0146. The molecule has 24 heavy (non-hydrogen) atoms. The van der Waals surface area contributed by atoms with Crippen molar-refractivity contribution in [2.45, 2.75) is 45.7 Å². The Labute approximate surface area is 143 Å². The van der Waals surface area contributed by atoms with E-state index in [0.29, 0.717) is 30.5 Å². The topological polar surface area (TPSA) is 65.5 Å². The first-order valence-electron chi connectivity index (χ1n) is 8.98. The molecule has 0 aliphatic carbocycles. The van der Waals surface area contributed by atoms with Gasteiger partial charge in [-0.2, -0.15) is 5.10 Å². The average molecular weight is 336 g/mol. The molecule has 0 unspecified atom stereocenters. The maximum absolute atomic E-state index is 12.9. The molecule has 3 aliphatic heterocycles. The lowest BCUT2D eigenvalue weighted by atomic mass is 10.0. The van der Waals surface area contributed by atoms with Crippen molar-refractivity contribution in [1.29, 1.82) is 0 Å². The fourth-order valence-corrected chi connectivity index (χ4v) is 3.81. The summed E-state index contributed by atoms with van der Waals surface area (Å²) < 4.78 is 5.43. The molecule has 2 saturated heterocycles. The molecular weight excluding hydrogens is 308 g/mol. The zero-order chi connectivity index (χ0) is 17.3. The predicted octanol–water partition coefficient (Wildman–Crippen LogP) is 0.552. The van der Waals surface area contributed by atoms with Crippen LogP contribution in [0.3, 0.4) is 0 Å². The van der Waals surface area contributed by atoms with E-state index in [0.717, 1.165) is 39.4 Å². The van der Waals surface area contributed by atoms with E-state index in [4.69, 9.17) is 4.74 Å². The molecule has 134 valence electrons. The van der Waals surface area contributed by atoms with E-state index in [1.165, 1.54) is 5.01 Å². The number of carbonyl (C=O) groups is 2. The summed E-state index contributed by atoms with van der Waals surface area (Å²) in [6, 6.07) is 0.379. The minimum absolute atomic E-state index is 0.00235. The van der Waals surface area contributed by atoms with Crippen LogP contribution in [0.25, 0.3) is 0 Å². The normalized spacial score (nSPS) is 29.3. The highest BCUT2D eigenvalue weighted by molar-refractivity contribution is 6.39. The number of morpholine rings is 1. The van der Waals surface area contributed by atoms with Gasteiger partial charge in [0.05, 0.1) is 13.2 Å². The zero-order valence-corrected chi connectivity index (χ0v) is 14.9. The van der Waals surface area contributed by atoms with Crippen molar-refractivity contribution in [3.05, 3.63) is 0 Å². The number of likely N-dealkylation sites (tertiary alicyclic amines) is 1. The van der Waals surface area contributed by atoms with E-state index in [2.05, 4.69) is 16.9 Å². The lowest BCUT2D eigenvalue weighted by Crippen LogP contribution is -2.47. The maximum atomic E-state index is 12.9. The van der Waals surface area contributed by atoms with Gasteiger partial charge in [-0.1, -0.05) is 6.92 Å². The summed E-state index contributed by atoms with van der Waals surface area (Å²) in [6.45, 7) is 11.0. The summed E-state index contributed by atoms with van der Waals surface area (Å²) >= 11 is 0. The van der Waals surface area contributed by atoms with E-state index in [9.17, 15) is 9.59 Å². The van der Waals surface area contributed by atoms with Gasteiger partial charge in [-0.05, 0) is 19.8 Å². The second-order valence-corrected chi connectivity index (χ2v) is 7.28. The Hall–Kier alpha value is -1.47. The Bertz CT molecular complexity index is 528. The third-order valence-electron chi connectivity index (χ3n) is 5.17. The fourth-order valence-electron chi connectivity index (χ4n) is 3.81. The SMILES string of the molecule is CC(C)N1N=C(C(=O)N2C[C@@H](N3CCOCC3)[C@@H](C)C2)CCC1=O. The molecule has 2 atom stereocenters. The van der Waals surface area contributed by atoms with Crippen LogP contribution in [0.4, 0.5) is 0 Å². The first kappa shape index (κ1) is 17.4. The minimum Gasteiger partial charge on any atom is -0.379 e.